The van der Waals surface area contributed by atoms with Gasteiger partial charge in [0.2, 0.25) is 0 Å². The predicted octanol–water partition coefficient (Wildman–Crippen LogP) is 4.37. The van der Waals surface area contributed by atoms with Gasteiger partial charge in [-0.2, -0.15) is 0 Å². The molecule has 0 heterocycles. The zero-order valence-electron chi connectivity index (χ0n) is 13.2. The van der Waals surface area contributed by atoms with E-state index >= 15 is 0 Å². The summed E-state index contributed by atoms with van der Waals surface area (Å²) in [4.78, 5) is 0. The monoisotopic (exact) mass is 283 g/mol. The number of hydrogen-bond acceptors (Lipinski definition) is 2. The van der Waals surface area contributed by atoms with Crippen molar-refractivity contribution >= 4 is 0 Å². The molecule has 21 heavy (non-hydrogen) atoms. The Bertz CT molecular complexity index is 536. The highest BCUT2D eigenvalue weighted by Crippen LogP contribution is 2.23. The average Bonchev–Trinajstić information content (AvgIpc) is 2.47. The zero-order chi connectivity index (χ0) is 15.1. The molecule has 2 aromatic rings. The lowest BCUT2D eigenvalue weighted by Gasteiger charge is -2.20. The van der Waals surface area contributed by atoms with Crippen LogP contribution in [0.3, 0.4) is 0 Å². The topological polar surface area (TPSA) is 21.3 Å². The number of benzene rings is 2. The van der Waals surface area contributed by atoms with Crippen molar-refractivity contribution in [1.82, 2.24) is 5.32 Å². The molecule has 0 bridgehead atoms. The van der Waals surface area contributed by atoms with E-state index in [4.69, 9.17) is 4.74 Å². The summed E-state index contributed by atoms with van der Waals surface area (Å²) in [5.41, 5.74) is 2.62. The molecular weight excluding hydrogens is 258 g/mol. The van der Waals surface area contributed by atoms with Crippen molar-refractivity contribution in [1.29, 1.82) is 0 Å². The fourth-order valence-electron chi connectivity index (χ4n) is 2.48. The molecule has 0 saturated carbocycles. The van der Waals surface area contributed by atoms with E-state index in [9.17, 15) is 0 Å². The molecule has 2 nitrogen and oxygen atoms in total. The van der Waals surface area contributed by atoms with Crippen LogP contribution in [-0.4, -0.2) is 12.6 Å². The molecule has 1 atom stereocenters. The molecule has 0 saturated heterocycles. The van der Waals surface area contributed by atoms with Crippen LogP contribution in [0.5, 0.6) is 5.75 Å². The number of nitrogens with one attached hydrogen (secondary N) is 1. The maximum absolute atomic E-state index is 5.81. The Morgan fingerprint density at radius 3 is 2.43 bits per heavy atom. The van der Waals surface area contributed by atoms with Crippen LogP contribution in [0, 0.1) is 0 Å². The molecule has 2 aromatic carbocycles. The highest BCUT2D eigenvalue weighted by Gasteiger charge is 2.12. The van der Waals surface area contributed by atoms with Crippen molar-refractivity contribution in [2.45, 2.75) is 39.3 Å². The van der Waals surface area contributed by atoms with Crippen LogP contribution in [0.1, 0.15) is 37.9 Å². The quantitative estimate of drug-likeness (QED) is 0.815. The first-order valence-corrected chi connectivity index (χ1v) is 7.73. The second-order valence-corrected chi connectivity index (χ2v) is 5.54. The molecule has 2 rings (SSSR count). The van der Waals surface area contributed by atoms with Crippen LogP contribution in [0.4, 0.5) is 0 Å². The van der Waals surface area contributed by atoms with Gasteiger partial charge in [-0.15, -0.1) is 0 Å². The number of rotatable bonds is 7. The van der Waals surface area contributed by atoms with E-state index < -0.39 is 0 Å². The van der Waals surface area contributed by atoms with E-state index in [-0.39, 0.29) is 6.10 Å². The van der Waals surface area contributed by atoms with Gasteiger partial charge in [0, 0.05) is 6.04 Å². The molecule has 1 N–H and O–H groups in total. The van der Waals surface area contributed by atoms with Gasteiger partial charge < -0.3 is 10.1 Å². The fraction of sp³-hybridized carbons (Fsp3) is 0.368. The molecule has 0 aliphatic heterocycles. The minimum absolute atomic E-state index is 0.201. The molecule has 0 fully saturated rings. The number of ether oxygens (including phenoxy) is 1. The maximum atomic E-state index is 5.81. The third-order valence-electron chi connectivity index (χ3n) is 3.37. The van der Waals surface area contributed by atoms with Gasteiger partial charge in [-0.3, -0.25) is 0 Å². The molecule has 112 valence electrons. The van der Waals surface area contributed by atoms with E-state index in [2.05, 4.69) is 74.6 Å². The first-order chi connectivity index (χ1) is 10.2. The zero-order valence-corrected chi connectivity index (χ0v) is 13.2. The number of likely N-dealkylation sites (N-methyl/N-ethyl adjacent to an activating group) is 1. The van der Waals surface area contributed by atoms with E-state index in [1.54, 1.807) is 0 Å². The van der Waals surface area contributed by atoms with E-state index in [1.165, 1.54) is 11.1 Å². The molecule has 0 aliphatic carbocycles. The third-order valence-corrected chi connectivity index (χ3v) is 3.37. The van der Waals surface area contributed by atoms with Gasteiger partial charge in [0.1, 0.15) is 5.75 Å². The lowest BCUT2D eigenvalue weighted by molar-refractivity contribution is 0.242. The Kier molecular flexibility index (Phi) is 5.82. The van der Waals surface area contributed by atoms with Crippen LogP contribution in [0.15, 0.2) is 54.6 Å². The molecule has 0 aliphatic rings. The smallest absolute Gasteiger partial charge is 0.120 e. The molecule has 0 spiro atoms. The molecular formula is C19H25NO. The normalized spacial score (nSPS) is 12.4. The van der Waals surface area contributed by atoms with Gasteiger partial charge in [0.15, 0.2) is 0 Å². The lowest BCUT2D eigenvalue weighted by atomic mass is 9.98. The lowest BCUT2D eigenvalue weighted by Crippen LogP contribution is -2.23. The predicted molar refractivity (Wildman–Crippen MR) is 88.8 cm³/mol. The second-order valence-electron chi connectivity index (χ2n) is 5.54. The highest BCUT2D eigenvalue weighted by atomic mass is 16.5. The molecule has 1 unspecified atom stereocenters. The maximum Gasteiger partial charge on any atom is 0.120 e. The van der Waals surface area contributed by atoms with Crippen molar-refractivity contribution < 1.29 is 4.74 Å². The Morgan fingerprint density at radius 1 is 1.00 bits per heavy atom. The summed E-state index contributed by atoms with van der Waals surface area (Å²) < 4.78 is 5.81. The Morgan fingerprint density at radius 2 is 1.76 bits per heavy atom. The van der Waals surface area contributed by atoms with Crippen molar-refractivity contribution in [3.05, 3.63) is 65.7 Å². The third kappa shape index (κ3) is 4.91. The Balaban J connectivity index is 2.17. The van der Waals surface area contributed by atoms with Gasteiger partial charge in [-0.1, -0.05) is 49.4 Å². The first-order valence-electron chi connectivity index (χ1n) is 7.73. The van der Waals surface area contributed by atoms with Crippen LogP contribution < -0.4 is 10.1 Å². The molecule has 0 aromatic heterocycles. The summed E-state index contributed by atoms with van der Waals surface area (Å²) >= 11 is 0. The Labute approximate surface area is 128 Å². The van der Waals surface area contributed by atoms with Gasteiger partial charge in [0.05, 0.1) is 6.10 Å². The standard InChI is InChI=1S/C19H25NO/c1-4-20-19(13-16-9-6-5-7-10-16)17-11-8-12-18(14-17)21-15(2)3/h5-12,14-15,19-20H,4,13H2,1-3H3. The fourth-order valence-corrected chi connectivity index (χ4v) is 2.48. The summed E-state index contributed by atoms with van der Waals surface area (Å²) in [5, 5.41) is 3.57. The summed E-state index contributed by atoms with van der Waals surface area (Å²) in [5.74, 6) is 0.943. The summed E-state index contributed by atoms with van der Waals surface area (Å²) in [6, 6.07) is 19.3. The first kappa shape index (κ1) is 15.6. The summed E-state index contributed by atoms with van der Waals surface area (Å²) in [6.45, 7) is 7.20. The van der Waals surface area contributed by atoms with Gasteiger partial charge in [0.25, 0.3) is 0 Å². The highest BCUT2D eigenvalue weighted by molar-refractivity contribution is 5.32. The van der Waals surface area contributed by atoms with Crippen molar-refractivity contribution in [3.63, 3.8) is 0 Å². The summed E-state index contributed by atoms with van der Waals surface area (Å²) in [6.07, 6.45) is 1.19. The average molecular weight is 283 g/mol. The van der Waals surface area contributed by atoms with E-state index in [0.717, 1.165) is 18.7 Å². The van der Waals surface area contributed by atoms with E-state index in [1.807, 2.05) is 6.07 Å². The van der Waals surface area contributed by atoms with Crippen LogP contribution in [0.2, 0.25) is 0 Å². The van der Waals surface area contributed by atoms with Crippen molar-refractivity contribution in [3.8, 4) is 5.75 Å². The Hall–Kier alpha value is -1.80. The second kappa shape index (κ2) is 7.84. The van der Waals surface area contributed by atoms with Gasteiger partial charge in [-0.05, 0) is 50.1 Å². The number of hydrogen-bond donors (Lipinski definition) is 1. The SMILES string of the molecule is CCNC(Cc1ccccc1)c1cccc(OC(C)C)c1. The van der Waals surface area contributed by atoms with Gasteiger partial charge in [-0.25, -0.2) is 0 Å². The van der Waals surface area contributed by atoms with Crippen LogP contribution in [0.25, 0.3) is 0 Å². The van der Waals surface area contributed by atoms with E-state index in [0.29, 0.717) is 6.04 Å². The minimum Gasteiger partial charge on any atom is -0.491 e. The minimum atomic E-state index is 0.201. The molecule has 2 heteroatoms. The molecule has 0 radical (unpaired) electrons. The largest absolute Gasteiger partial charge is 0.491 e. The van der Waals surface area contributed by atoms with Crippen molar-refractivity contribution in [2.24, 2.45) is 0 Å². The van der Waals surface area contributed by atoms with Crippen molar-refractivity contribution in [2.75, 3.05) is 6.54 Å². The van der Waals surface area contributed by atoms with Crippen LogP contribution in [-0.2, 0) is 6.42 Å². The van der Waals surface area contributed by atoms with Gasteiger partial charge >= 0.3 is 0 Å². The molecule has 0 amide bonds. The van der Waals surface area contributed by atoms with Crippen LogP contribution >= 0.6 is 0 Å². The summed E-state index contributed by atoms with van der Waals surface area (Å²) in [7, 11) is 0.